The number of rotatable bonds is 4. The van der Waals surface area contributed by atoms with Crippen LogP contribution < -0.4 is 10.6 Å². The van der Waals surface area contributed by atoms with Gasteiger partial charge in [0, 0.05) is 28.7 Å². The van der Waals surface area contributed by atoms with Crippen LogP contribution in [0.4, 0.5) is 10.8 Å². The van der Waals surface area contributed by atoms with Crippen LogP contribution in [0.25, 0.3) is 11.3 Å². The lowest BCUT2D eigenvalue weighted by molar-refractivity contribution is 0.418. The van der Waals surface area contributed by atoms with Gasteiger partial charge in [-0.1, -0.05) is 35.9 Å². The number of thiazole rings is 1. The summed E-state index contributed by atoms with van der Waals surface area (Å²) in [7, 11) is -2.18. The summed E-state index contributed by atoms with van der Waals surface area (Å²) >= 11 is 7.42. The summed E-state index contributed by atoms with van der Waals surface area (Å²) in [6.07, 6.45) is 0. The Balaban J connectivity index is 1.57. The summed E-state index contributed by atoms with van der Waals surface area (Å²) in [5.41, 5.74) is 2.47. The normalized spacial score (nSPS) is 20.6. The maximum Gasteiger partial charge on any atom is 0.239 e. The Kier molecular flexibility index (Phi) is 5.21. The first kappa shape index (κ1) is 20.6. The summed E-state index contributed by atoms with van der Waals surface area (Å²) in [5.74, 6) is -0.282. The van der Waals surface area contributed by atoms with Gasteiger partial charge >= 0.3 is 0 Å². The Labute approximate surface area is 184 Å². The number of halogens is 1. The predicted octanol–water partition coefficient (Wildman–Crippen LogP) is 4.22. The lowest BCUT2D eigenvalue weighted by Crippen LogP contribution is -2.60. The fourth-order valence-electron chi connectivity index (χ4n) is 3.28. The monoisotopic (exact) mass is 461 g/mol. The number of nitrogens with one attached hydrogen (secondary N) is 3. The molecule has 0 aliphatic carbocycles. The first-order chi connectivity index (χ1) is 14.2. The van der Waals surface area contributed by atoms with E-state index < -0.39 is 15.6 Å². The molecule has 2 aromatic carbocycles. The molecular weight excluding hydrogens is 442 g/mol. The van der Waals surface area contributed by atoms with Gasteiger partial charge in [-0.3, -0.25) is 5.41 Å². The summed E-state index contributed by atoms with van der Waals surface area (Å²) < 4.78 is 25.8. The fraction of sp³-hybridized carbons (Fsp3) is 0.200. The average molecular weight is 462 g/mol. The van der Waals surface area contributed by atoms with Gasteiger partial charge in [0.1, 0.15) is 0 Å². The molecule has 1 fully saturated rings. The molecule has 1 saturated heterocycles. The van der Waals surface area contributed by atoms with Crippen molar-refractivity contribution in [3.8, 4) is 11.3 Å². The minimum Gasteiger partial charge on any atom is -0.345 e. The van der Waals surface area contributed by atoms with Crippen molar-refractivity contribution in [3.63, 3.8) is 0 Å². The molecule has 30 heavy (non-hydrogen) atoms. The number of anilines is 2. The third kappa shape index (κ3) is 4.00. The van der Waals surface area contributed by atoms with E-state index in [4.69, 9.17) is 17.0 Å². The molecule has 0 bridgehead atoms. The van der Waals surface area contributed by atoms with Crippen molar-refractivity contribution in [2.75, 3.05) is 18.1 Å². The maximum atomic E-state index is 12.4. The molecule has 0 saturated carbocycles. The van der Waals surface area contributed by atoms with E-state index in [1.54, 1.807) is 6.92 Å². The molecule has 2 heterocycles. The van der Waals surface area contributed by atoms with E-state index in [0.717, 1.165) is 31.9 Å². The van der Waals surface area contributed by atoms with E-state index in [2.05, 4.69) is 15.6 Å². The van der Waals surface area contributed by atoms with Crippen LogP contribution in [0.1, 0.15) is 12.5 Å². The lowest BCUT2D eigenvalue weighted by Gasteiger charge is -2.40. The molecule has 4 rings (SSSR count). The van der Waals surface area contributed by atoms with Gasteiger partial charge in [0.05, 0.1) is 17.0 Å². The number of nitrogens with zero attached hydrogens (tertiary/aromatic N) is 2. The van der Waals surface area contributed by atoms with Crippen LogP contribution >= 0.6 is 22.9 Å². The smallest absolute Gasteiger partial charge is 0.239 e. The molecule has 7 nitrogen and oxygen atoms in total. The van der Waals surface area contributed by atoms with Crippen LogP contribution in [-0.2, 0) is 15.6 Å². The Hall–Kier alpha value is -2.62. The van der Waals surface area contributed by atoms with Gasteiger partial charge in [0.15, 0.2) is 5.13 Å². The van der Waals surface area contributed by atoms with Crippen LogP contribution in [-0.4, -0.2) is 36.5 Å². The molecule has 3 aromatic rings. The van der Waals surface area contributed by atoms with E-state index in [1.165, 1.54) is 18.4 Å². The number of aromatic nitrogens is 1. The van der Waals surface area contributed by atoms with Gasteiger partial charge in [-0.15, -0.1) is 11.3 Å². The minimum absolute atomic E-state index is 0.139. The summed E-state index contributed by atoms with van der Waals surface area (Å²) in [6.45, 7) is 1.78. The Morgan fingerprint density at radius 1 is 1.27 bits per heavy atom. The van der Waals surface area contributed by atoms with Crippen molar-refractivity contribution in [2.24, 2.45) is 0 Å². The quantitative estimate of drug-likeness (QED) is 0.540. The van der Waals surface area contributed by atoms with Crippen molar-refractivity contribution in [1.82, 2.24) is 14.6 Å². The SMILES string of the molecule is CN1C(=N)NC(C)(c2cccc(Nc3nc(-c4ccc(Cl)cc4)cs3)c2)CS1(=O)=O. The topological polar surface area (TPSA) is 98.2 Å². The highest BCUT2D eigenvalue weighted by molar-refractivity contribution is 7.89. The highest BCUT2D eigenvalue weighted by Gasteiger charge is 2.41. The lowest BCUT2D eigenvalue weighted by atomic mass is 9.93. The standard InChI is InChI=1S/C20H20ClN5O2S2/c1-20(12-30(27,28)26(2)18(22)25-20)14-4-3-5-16(10-14)23-19-24-17(11-29-19)13-6-8-15(21)9-7-13/h3-11H,12H2,1-2H3,(H2,22,25)(H,23,24). The van der Waals surface area contributed by atoms with E-state index in [1.807, 2.05) is 53.9 Å². The first-order valence-corrected chi connectivity index (χ1v) is 12.0. The zero-order chi connectivity index (χ0) is 21.5. The molecule has 1 aliphatic rings. The zero-order valence-corrected chi connectivity index (χ0v) is 18.7. The van der Waals surface area contributed by atoms with Crippen LogP contribution in [0.3, 0.4) is 0 Å². The second-order valence-corrected chi connectivity index (χ2v) is 10.6. The highest BCUT2D eigenvalue weighted by Crippen LogP contribution is 2.32. The van der Waals surface area contributed by atoms with Gasteiger partial charge < -0.3 is 10.6 Å². The Morgan fingerprint density at radius 2 is 2.00 bits per heavy atom. The van der Waals surface area contributed by atoms with Gasteiger partial charge in [-0.25, -0.2) is 17.7 Å². The molecule has 0 amide bonds. The Bertz CT molecular complexity index is 1210. The molecule has 1 aliphatic heterocycles. The van der Waals surface area contributed by atoms with Crippen molar-refractivity contribution >= 4 is 49.7 Å². The summed E-state index contributed by atoms with van der Waals surface area (Å²) in [5, 5.41) is 17.6. The second-order valence-electron chi connectivity index (χ2n) is 7.28. The number of hydrogen-bond acceptors (Lipinski definition) is 6. The van der Waals surface area contributed by atoms with Crippen molar-refractivity contribution in [3.05, 3.63) is 64.5 Å². The van der Waals surface area contributed by atoms with E-state index in [0.29, 0.717) is 5.02 Å². The minimum atomic E-state index is -3.56. The second kappa shape index (κ2) is 7.57. The van der Waals surface area contributed by atoms with E-state index in [9.17, 15) is 8.42 Å². The molecule has 156 valence electrons. The van der Waals surface area contributed by atoms with Gasteiger partial charge in [0.25, 0.3) is 0 Å². The van der Waals surface area contributed by atoms with E-state index in [-0.39, 0.29) is 11.7 Å². The zero-order valence-electron chi connectivity index (χ0n) is 16.3. The van der Waals surface area contributed by atoms with Crippen molar-refractivity contribution < 1.29 is 8.42 Å². The van der Waals surface area contributed by atoms with Crippen LogP contribution in [0.2, 0.25) is 5.02 Å². The average Bonchev–Trinajstić information content (AvgIpc) is 3.15. The highest BCUT2D eigenvalue weighted by atomic mass is 35.5. The summed E-state index contributed by atoms with van der Waals surface area (Å²) in [6, 6.07) is 15.0. The predicted molar refractivity (Wildman–Crippen MR) is 122 cm³/mol. The van der Waals surface area contributed by atoms with Crippen molar-refractivity contribution in [1.29, 1.82) is 5.41 Å². The van der Waals surface area contributed by atoms with Crippen LogP contribution in [0.15, 0.2) is 53.9 Å². The molecule has 3 N–H and O–H groups in total. The third-order valence-corrected chi connectivity index (χ3v) is 7.96. The van der Waals surface area contributed by atoms with Crippen molar-refractivity contribution in [2.45, 2.75) is 12.5 Å². The van der Waals surface area contributed by atoms with E-state index >= 15 is 0 Å². The Morgan fingerprint density at radius 3 is 2.70 bits per heavy atom. The number of sulfonamides is 1. The molecule has 0 radical (unpaired) electrons. The maximum absolute atomic E-state index is 12.4. The van der Waals surface area contributed by atoms with Gasteiger partial charge in [0.2, 0.25) is 16.0 Å². The largest absolute Gasteiger partial charge is 0.345 e. The molecule has 1 atom stereocenters. The summed E-state index contributed by atoms with van der Waals surface area (Å²) in [4.78, 5) is 4.62. The molecular formula is C20H20ClN5O2S2. The fourth-order valence-corrected chi connectivity index (χ4v) is 5.63. The third-order valence-electron chi connectivity index (χ3n) is 4.99. The molecule has 1 unspecified atom stereocenters. The number of guanidine groups is 1. The number of hydrogen-bond donors (Lipinski definition) is 3. The molecule has 0 spiro atoms. The number of benzene rings is 2. The molecule has 10 heteroatoms. The molecule has 1 aromatic heterocycles. The van der Waals surface area contributed by atoms with Gasteiger partial charge in [-0.2, -0.15) is 0 Å². The first-order valence-electron chi connectivity index (χ1n) is 9.09. The van der Waals surface area contributed by atoms with Crippen LogP contribution in [0.5, 0.6) is 0 Å². The van der Waals surface area contributed by atoms with Gasteiger partial charge in [-0.05, 0) is 36.8 Å². The van der Waals surface area contributed by atoms with Crippen LogP contribution in [0, 0.1) is 5.41 Å².